The van der Waals surface area contributed by atoms with E-state index in [-0.39, 0.29) is 23.6 Å². The second kappa shape index (κ2) is 10.2. The van der Waals surface area contributed by atoms with Gasteiger partial charge in [0, 0.05) is 11.8 Å². The van der Waals surface area contributed by atoms with Gasteiger partial charge in [-0.3, -0.25) is 14.5 Å². The van der Waals surface area contributed by atoms with Crippen LogP contribution in [0.5, 0.6) is 11.5 Å². The number of anilines is 1. The van der Waals surface area contributed by atoms with E-state index >= 15 is 0 Å². The second-order valence-corrected chi connectivity index (χ2v) is 7.80. The average molecular weight is 461 g/mol. The summed E-state index contributed by atoms with van der Waals surface area (Å²) in [6.07, 6.45) is 0.871. The van der Waals surface area contributed by atoms with Gasteiger partial charge in [0.1, 0.15) is 23.0 Å². The van der Waals surface area contributed by atoms with Gasteiger partial charge >= 0.3 is 0 Å². The van der Waals surface area contributed by atoms with Gasteiger partial charge < -0.3 is 14.8 Å². The standard InChI is InChI=1S/C27H25FN2O4/c1-3-15-34-23-6-4-5-21(16-23)29-25-24(19-9-13-22(33-2)14-10-19)26(31)30(27(25)32)17-18-7-11-20(28)12-8-18/h4-14,16,29H,3,15,17H2,1-2H3. The molecule has 0 spiro atoms. The number of halogens is 1. The summed E-state index contributed by atoms with van der Waals surface area (Å²) in [7, 11) is 1.56. The third kappa shape index (κ3) is 4.93. The first-order valence-corrected chi connectivity index (χ1v) is 11.0. The number of hydrogen-bond donors (Lipinski definition) is 1. The van der Waals surface area contributed by atoms with Crippen molar-refractivity contribution in [3.8, 4) is 11.5 Å². The lowest BCUT2D eigenvalue weighted by Crippen LogP contribution is -2.32. The second-order valence-electron chi connectivity index (χ2n) is 7.80. The maximum absolute atomic E-state index is 13.4. The van der Waals surface area contributed by atoms with E-state index in [4.69, 9.17) is 9.47 Å². The highest BCUT2D eigenvalue weighted by atomic mass is 19.1. The smallest absolute Gasteiger partial charge is 0.278 e. The van der Waals surface area contributed by atoms with E-state index in [0.29, 0.717) is 34.9 Å². The first-order chi connectivity index (χ1) is 16.5. The van der Waals surface area contributed by atoms with Gasteiger partial charge in [0.05, 0.1) is 25.8 Å². The van der Waals surface area contributed by atoms with Crippen LogP contribution < -0.4 is 14.8 Å². The molecule has 0 atom stereocenters. The molecule has 0 radical (unpaired) electrons. The highest BCUT2D eigenvalue weighted by Crippen LogP contribution is 2.33. The molecule has 0 bridgehead atoms. The lowest BCUT2D eigenvalue weighted by molar-refractivity contribution is -0.137. The summed E-state index contributed by atoms with van der Waals surface area (Å²) in [5.74, 6) is 0.0331. The number of rotatable bonds is 9. The Balaban J connectivity index is 1.69. The van der Waals surface area contributed by atoms with E-state index in [1.54, 1.807) is 55.6 Å². The maximum Gasteiger partial charge on any atom is 0.278 e. The van der Waals surface area contributed by atoms with Gasteiger partial charge in [-0.05, 0) is 53.9 Å². The minimum Gasteiger partial charge on any atom is -0.497 e. The number of carbonyl (C=O) groups excluding carboxylic acids is 2. The Morgan fingerprint density at radius 1 is 0.912 bits per heavy atom. The number of imide groups is 1. The molecule has 0 aromatic heterocycles. The molecule has 0 saturated carbocycles. The van der Waals surface area contributed by atoms with Gasteiger partial charge in [0.15, 0.2) is 0 Å². The molecular formula is C27H25FN2O4. The normalized spacial score (nSPS) is 13.4. The molecule has 4 rings (SSSR count). The minimum atomic E-state index is -0.458. The number of nitrogens with one attached hydrogen (secondary N) is 1. The monoisotopic (exact) mass is 460 g/mol. The molecule has 0 aliphatic carbocycles. The molecule has 6 nitrogen and oxygen atoms in total. The van der Waals surface area contributed by atoms with Crippen LogP contribution in [0.3, 0.4) is 0 Å². The van der Waals surface area contributed by atoms with Crippen LogP contribution in [0, 0.1) is 5.82 Å². The third-order valence-electron chi connectivity index (χ3n) is 5.38. The zero-order chi connectivity index (χ0) is 24.1. The number of methoxy groups -OCH3 is 1. The van der Waals surface area contributed by atoms with Crippen molar-refractivity contribution in [2.75, 3.05) is 19.0 Å². The van der Waals surface area contributed by atoms with Crippen LogP contribution in [0.4, 0.5) is 10.1 Å². The summed E-state index contributed by atoms with van der Waals surface area (Å²) in [5.41, 5.74) is 2.29. The predicted molar refractivity (Wildman–Crippen MR) is 128 cm³/mol. The Hall–Kier alpha value is -4.13. The van der Waals surface area contributed by atoms with Gasteiger partial charge in [0.25, 0.3) is 11.8 Å². The molecule has 1 N–H and O–H groups in total. The molecular weight excluding hydrogens is 435 g/mol. The van der Waals surface area contributed by atoms with E-state index < -0.39 is 11.8 Å². The Labute approximate surface area is 197 Å². The van der Waals surface area contributed by atoms with Crippen molar-refractivity contribution in [3.05, 3.63) is 95.4 Å². The van der Waals surface area contributed by atoms with Gasteiger partial charge in [-0.15, -0.1) is 0 Å². The van der Waals surface area contributed by atoms with Crippen molar-refractivity contribution in [2.24, 2.45) is 0 Å². The molecule has 3 aromatic rings. The van der Waals surface area contributed by atoms with Crippen molar-refractivity contribution in [1.82, 2.24) is 4.90 Å². The molecule has 0 saturated heterocycles. The van der Waals surface area contributed by atoms with Crippen molar-refractivity contribution >= 4 is 23.1 Å². The highest BCUT2D eigenvalue weighted by molar-refractivity contribution is 6.36. The summed E-state index contributed by atoms with van der Waals surface area (Å²) < 4.78 is 24.2. The molecule has 1 heterocycles. The lowest BCUT2D eigenvalue weighted by Gasteiger charge is -2.15. The zero-order valence-electron chi connectivity index (χ0n) is 19.0. The molecule has 2 amide bonds. The number of hydrogen-bond acceptors (Lipinski definition) is 5. The summed E-state index contributed by atoms with van der Waals surface area (Å²) in [5, 5.41) is 3.14. The van der Waals surface area contributed by atoms with Gasteiger partial charge in [-0.2, -0.15) is 0 Å². The molecule has 3 aromatic carbocycles. The van der Waals surface area contributed by atoms with Crippen LogP contribution in [0.1, 0.15) is 24.5 Å². The quantitative estimate of drug-likeness (QED) is 0.455. The fourth-order valence-corrected chi connectivity index (χ4v) is 3.66. The van der Waals surface area contributed by atoms with Crippen molar-refractivity contribution < 1.29 is 23.5 Å². The molecule has 34 heavy (non-hydrogen) atoms. The van der Waals surface area contributed by atoms with E-state index in [2.05, 4.69) is 5.32 Å². The van der Waals surface area contributed by atoms with Crippen LogP contribution in [-0.4, -0.2) is 30.4 Å². The molecule has 0 fully saturated rings. The summed E-state index contributed by atoms with van der Waals surface area (Å²) in [6.45, 7) is 2.63. The minimum absolute atomic E-state index is 0.0302. The van der Waals surface area contributed by atoms with Crippen LogP contribution in [0.15, 0.2) is 78.5 Å². The first kappa shape index (κ1) is 23.0. The molecule has 0 unspecified atom stereocenters. The van der Waals surface area contributed by atoms with Crippen molar-refractivity contribution in [3.63, 3.8) is 0 Å². The Morgan fingerprint density at radius 2 is 1.65 bits per heavy atom. The summed E-state index contributed by atoms with van der Waals surface area (Å²) >= 11 is 0. The van der Waals surface area contributed by atoms with Crippen molar-refractivity contribution in [2.45, 2.75) is 19.9 Å². The van der Waals surface area contributed by atoms with Crippen LogP contribution in [0.25, 0.3) is 5.57 Å². The van der Waals surface area contributed by atoms with Crippen LogP contribution in [0.2, 0.25) is 0 Å². The topological polar surface area (TPSA) is 67.9 Å². The van der Waals surface area contributed by atoms with Crippen LogP contribution >= 0.6 is 0 Å². The van der Waals surface area contributed by atoms with E-state index in [0.717, 1.165) is 11.3 Å². The maximum atomic E-state index is 13.4. The number of carbonyl (C=O) groups is 2. The zero-order valence-corrected chi connectivity index (χ0v) is 19.0. The molecule has 1 aliphatic heterocycles. The predicted octanol–water partition coefficient (Wildman–Crippen LogP) is 5.02. The van der Waals surface area contributed by atoms with Crippen LogP contribution in [-0.2, 0) is 16.1 Å². The average Bonchev–Trinajstić information content (AvgIpc) is 3.08. The van der Waals surface area contributed by atoms with Gasteiger partial charge in [0.2, 0.25) is 0 Å². The van der Waals surface area contributed by atoms with E-state index in [1.807, 2.05) is 19.1 Å². The molecule has 7 heteroatoms. The molecule has 1 aliphatic rings. The summed E-state index contributed by atoms with van der Waals surface area (Å²) in [4.78, 5) is 28.0. The summed E-state index contributed by atoms with van der Waals surface area (Å²) in [6, 6.07) is 19.9. The van der Waals surface area contributed by atoms with E-state index in [9.17, 15) is 14.0 Å². The van der Waals surface area contributed by atoms with Crippen molar-refractivity contribution in [1.29, 1.82) is 0 Å². The van der Waals surface area contributed by atoms with Gasteiger partial charge in [-0.1, -0.05) is 37.3 Å². The highest BCUT2D eigenvalue weighted by Gasteiger charge is 2.39. The molecule has 174 valence electrons. The number of amides is 2. The number of ether oxygens (including phenoxy) is 2. The SMILES string of the molecule is CCCOc1cccc(NC2=C(c3ccc(OC)cc3)C(=O)N(Cc3ccc(F)cc3)C2=O)c1. The number of nitrogens with zero attached hydrogens (tertiary/aromatic N) is 1. The van der Waals surface area contributed by atoms with Gasteiger partial charge in [-0.25, -0.2) is 4.39 Å². The third-order valence-corrected chi connectivity index (χ3v) is 5.38. The Bertz CT molecular complexity index is 1220. The fourth-order valence-electron chi connectivity index (χ4n) is 3.66. The lowest BCUT2D eigenvalue weighted by atomic mass is 10.0. The first-order valence-electron chi connectivity index (χ1n) is 11.0. The van der Waals surface area contributed by atoms with E-state index in [1.165, 1.54) is 12.1 Å². The Kier molecular flexibility index (Phi) is 6.92. The largest absolute Gasteiger partial charge is 0.497 e. The Morgan fingerprint density at radius 3 is 2.32 bits per heavy atom. The number of benzene rings is 3. The fraction of sp³-hybridized carbons (Fsp3) is 0.185.